The van der Waals surface area contributed by atoms with Crippen LogP contribution in [0.25, 0.3) is 0 Å². The molecule has 2 aromatic rings. The molecule has 1 aromatic heterocycles. The third-order valence-corrected chi connectivity index (χ3v) is 3.18. The van der Waals surface area contributed by atoms with E-state index in [-0.39, 0.29) is 15.9 Å². The Morgan fingerprint density at radius 3 is 2.86 bits per heavy atom. The number of nitrogens with one attached hydrogen (secondary N) is 1. The number of nitro benzene ring substituents is 1. The number of benzene rings is 1. The third kappa shape index (κ3) is 3.73. The Hall–Kier alpha value is -2.06. The summed E-state index contributed by atoms with van der Waals surface area (Å²) in [6.45, 7) is 0.570. The summed E-state index contributed by atoms with van der Waals surface area (Å²) in [6.07, 6.45) is 3.04. The molecule has 0 radical (unpaired) electrons. The predicted octanol–water partition coefficient (Wildman–Crippen LogP) is 3.40. The van der Waals surface area contributed by atoms with Gasteiger partial charge in [0.15, 0.2) is 0 Å². The van der Waals surface area contributed by atoms with Crippen LogP contribution in [0, 0.1) is 15.9 Å². The van der Waals surface area contributed by atoms with Crippen molar-refractivity contribution < 1.29 is 14.1 Å². The Balaban J connectivity index is 2.36. The Morgan fingerprint density at radius 2 is 2.19 bits per heavy atom. The first-order valence-corrected chi connectivity index (χ1v) is 6.70. The molecule has 6 nitrogen and oxygen atoms in total. The Bertz CT molecular complexity index is 682. The summed E-state index contributed by atoms with van der Waals surface area (Å²) in [5, 5.41) is 14.0. The summed E-state index contributed by atoms with van der Waals surface area (Å²) in [7, 11) is 1.78. The fraction of sp³-hybridized carbons (Fsp3) is 0.154. The van der Waals surface area contributed by atoms with Crippen molar-refractivity contribution in [3.63, 3.8) is 0 Å². The molecule has 0 bridgehead atoms. The van der Waals surface area contributed by atoms with Crippen LogP contribution in [0.3, 0.4) is 0 Å². The molecule has 0 saturated carbocycles. The zero-order valence-corrected chi connectivity index (χ0v) is 12.6. The van der Waals surface area contributed by atoms with Gasteiger partial charge in [0.2, 0.25) is 5.75 Å². The fourth-order valence-electron chi connectivity index (χ4n) is 1.69. The van der Waals surface area contributed by atoms with E-state index in [1.807, 2.05) is 0 Å². The molecule has 0 spiro atoms. The standard InChI is InChI=1S/C13H11BrFN3O3/c1-16-5-8-2-9(7-17-6-8)21-13-4-11(15)10(14)3-12(13)18(19)20/h2-4,6-7,16H,5H2,1H3. The molecule has 0 aliphatic carbocycles. The minimum Gasteiger partial charge on any atom is -0.448 e. The Labute approximate surface area is 128 Å². The molecule has 1 aromatic carbocycles. The van der Waals surface area contributed by atoms with Crippen LogP contribution in [0.4, 0.5) is 10.1 Å². The zero-order chi connectivity index (χ0) is 15.4. The summed E-state index contributed by atoms with van der Waals surface area (Å²) in [6, 6.07) is 3.70. The number of hydrogen-bond donors (Lipinski definition) is 1. The molecule has 21 heavy (non-hydrogen) atoms. The van der Waals surface area contributed by atoms with Crippen LogP contribution in [-0.2, 0) is 6.54 Å². The number of nitrogens with zero attached hydrogens (tertiary/aromatic N) is 2. The maximum Gasteiger partial charge on any atom is 0.312 e. The highest BCUT2D eigenvalue weighted by atomic mass is 79.9. The van der Waals surface area contributed by atoms with Gasteiger partial charge in [0.1, 0.15) is 11.6 Å². The second-order valence-corrected chi connectivity index (χ2v) is 5.01. The lowest BCUT2D eigenvalue weighted by molar-refractivity contribution is -0.385. The van der Waals surface area contributed by atoms with Crippen molar-refractivity contribution in [1.29, 1.82) is 0 Å². The summed E-state index contributed by atoms with van der Waals surface area (Å²) in [5.74, 6) is -0.522. The number of aromatic nitrogens is 1. The SMILES string of the molecule is CNCc1cncc(Oc2cc(F)c(Br)cc2[N+](=O)[O-])c1. The van der Waals surface area contributed by atoms with Gasteiger partial charge < -0.3 is 10.1 Å². The van der Waals surface area contributed by atoms with E-state index in [0.717, 1.165) is 17.7 Å². The maximum atomic E-state index is 13.6. The molecule has 2 rings (SSSR count). The van der Waals surface area contributed by atoms with E-state index in [2.05, 4.69) is 26.2 Å². The molecular formula is C13H11BrFN3O3. The van der Waals surface area contributed by atoms with Gasteiger partial charge in [0.05, 0.1) is 15.6 Å². The molecule has 110 valence electrons. The summed E-state index contributed by atoms with van der Waals surface area (Å²) >= 11 is 2.91. The minimum atomic E-state index is -0.644. The average Bonchev–Trinajstić information content (AvgIpc) is 2.43. The van der Waals surface area contributed by atoms with Crippen LogP contribution >= 0.6 is 15.9 Å². The number of nitro groups is 1. The van der Waals surface area contributed by atoms with Gasteiger partial charge in [-0.2, -0.15) is 0 Å². The number of rotatable bonds is 5. The van der Waals surface area contributed by atoms with Crippen molar-refractivity contribution in [2.45, 2.75) is 6.54 Å². The van der Waals surface area contributed by atoms with E-state index in [9.17, 15) is 14.5 Å². The normalized spacial score (nSPS) is 10.4. The lowest BCUT2D eigenvalue weighted by Crippen LogP contribution is -2.05. The van der Waals surface area contributed by atoms with E-state index in [1.54, 1.807) is 19.3 Å². The van der Waals surface area contributed by atoms with E-state index in [0.29, 0.717) is 12.3 Å². The van der Waals surface area contributed by atoms with Gasteiger partial charge in [0, 0.05) is 24.9 Å². The van der Waals surface area contributed by atoms with Crippen molar-refractivity contribution in [3.05, 3.63) is 56.6 Å². The number of halogens is 2. The first kappa shape index (κ1) is 15.3. The van der Waals surface area contributed by atoms with E-state index >= 15 is 0 Å². The van der Waals surface area contributed by atoms with Crippen LogP contribution < -0.4 is 10.1 Å². The maximum absolute atomic E-state index is 13.6. The largest absolute Gasteiger partial charge is 0.448 e. The van der Waals surface area contributed by atoms with Crippen molar-refractivity contribution >= 4 is 21.6 Å². The Kier molecular flexibility index (Phi) is 4.81. The first-order chi connectivity index (χ1) is 10.0. The molecule has 0 aliphatic rings. The molecule has 0 aliphatic heterocycles. The molecule has 8 heteroatoms. The third-order valence-electron chi connectivity index (χ3n) is 2.58. The Morgan fingerprint density at radius 1 is 1.43 bits per heavy atom. The van der Waals surface area contributed by atoms with Gasteiger partial charge in [0.25, 0.3) is 0 Å². The predicted molar refractivity (Wildman–Crippen MR) is 77.8 cm³/mol. The van der Waals surface area contributed by atoms with E-state index in [1.165, 1.54) is 6.20 Å². The molecule has 0 saturated heterocycles. The second-order valence-electron chi connectivity index (χ2n) is 4.15. The molecule has 0 unspecified atom stereocenters. The summed E-state index contributed by atoms with van der Waals surface area (Å²) in [4.78, 5) is 14.3. The highest BCUT2D eigenvalue weighted by molar-refractivity contribution is 9.10. The van der Waals surface area contributed by atoms with Crippen molar-refractivity contribution in [2.24, 2.45) is 0 Å². The van der Waals surface area contributed by atoms with E-state index < -0.39 is 10.7 Å². The minimum absolute atomic E-state index is 0.00334. The van der Waals surface area contributed by atoms with Crippen LogP contribution in [0.2, 0.25) is 0 Å². The molecule has 0 amide bonds. The summed E-state index contributed by atoms with van der Waals surface area (Å²) in [5.41, 5.74) is 0.512. The van der Waals surface area contributed by atoms with Gasteiger partial charge in [-0.1, -0.05) is 0 Å². The molecule has 0 atom stereocenters. The van der Waals surface area contributed by atoms with Gasteiger partial charge in [-0.15, -0.1) is 0 Å². The number of hydrogen-bond acceptors (Lipinski definition) is 5. The van der Waals surface area contributed by atoms with Crippen molar-refractivity contribution in [3.8, 4) is 11.5 Å². The second kappa shape index (κ2) is 6.59. The molecular weight excluding hydrogens is 345 g/mol. The summed E-state index contributed by atoms with van der Waals surface area (Å²) < 4.78 is 19.0. The highest BCUT2D eigenvalue weighted by Gasteiger charge is 2.19. The van der Waals surface area contributed by atoms with Gasteiger partial charge >= 0.3 is 5.69 Å². The van der Waals surface area contributed by atoms with Crippen LogP contribution in [0.1, 0.15) is 5.56 Å². The first-order valence-electron chi connectivity index (χ1n) is 5.91. The zero-order valence-electron chi connectivity index (χ0n) is 11.0. The van der Waals surface area contributed by atoms with Gasteiger partial charge in [-0.25, -0.2) is 4.39 Å². The smallest absolute Gasteiger partial charge is 0.312 e. The van der Waals surface area contributed by atoms with Crippen LogP contribution in [0.15, 0.2) is 35.1 Å². The molecule has 1 N–H and O–H groups in total. The monoisotopic (exact) mass is 355 g/mol. The van der Waals surface area contributed by atoms with Crippen LogP contribution in [-0.4, -0.2) is 17.0 Å². The van der Waals surface area contributed by atoms with Gasteiger partial charge in [-0.3, -0.25) is 15.1 Å². The molecule has 0 fully saturated rings. The fourth-order valence-corrected chi connectivity index (χ4v) is 2.02. The van der Waals surface area contributed by atoms with Crippen molar-refractivity contribution in [1.82, 2.24) is 10.3 Å². The quantitative estimate of drug-likeness (QED) is 0.656. The molecule has 1 heterocycles. The topological polar surface area (TPSA) is 77.3 Å². The lowest BCUT2D eigenvalue weighted by Gasteiger charge is -2.08. The van der Waals surface area contributed by atoms with Gasteiger partial charge in [-0.05, 0) is 34.6 Å². The van der Waals surface area contributed by atoms with Crippen molar-refractivity contribution in [2.75, 3.05) is 7.05 Å². The lowest BCUT2D eigenvalue weighted by atomic mass is 10.2. The van der Waals surface area contributed by atoms with Crippen LogP contribution in [0.5, 0.6) is 11.5 Å². The number of pyridine rings is 1. The highest BCUT2D eigenvalue weighted by Crippen LogP contribution is 2.35. The van der Waals surface area contributed by atoms with E-state index in [4.69, 9.17) is 4.74 Å². The average molecular weight is 356 g/mol. The number of ether oxygens (including phenoxy) is 1.